The summed E-state index contributed by atoms with van der Waals surface area (Å²) in [5.41, 5.74) is 2.64. The van der Waals surface area contributed by atoms with Crippen LogP contribution in [0.1, 0.15) is 11.7 Å². The van der Waals surface area contributed by atoms with Crippen LogP contribution in [0.3, 0.4) is 0 Å². The van der Waals surface area contributed by atoms with E-state index in [1.165, 1.54) is 4.57 Å². The maximum atomic E-state index is 12.8. The summed E-state index contributed by atoms with van der Waals surface area (Å²) in [7, 11) is 1.62. The Morgan fingerprint density at radius 2 is 1.81 bits per heavy atom. The van der Waals surface area contributed by atoms with Crippen molar-refractivity contribution in [1.82, 2.24) is 14.2 Å². The molecule has 4 rings (SSSR count). The number of benzene rings is 2. The zero-order valence-electron chi connectivity index (χ0n) is 14.8. The summed E-state index contributed by atoms with van der Waals surface area (Å²) in [5.74, 6) is 0.764. The molecule has 0 radical (unpaired) electrons. The largest absolute Gasteiger partial charge is 0.497 e. The second-order valence-corrected chi connectivity index (χ2v) is 6.27. The molecule has 2 heterocycles. The summed E-state index contributed by atoms with van der Waals surface area (Å²) in [6.07, 6.45) is 2.61. The number of aliphatic hydroxyl groups is 1. The average Bonchev–Trinajstić information content (AvgIpc) is 3.16. The van der Waals surface area contributed by atoms with E-state index >= 15 is 0 Å². The van der Waals surface area contributed by atoms with Gasteiger partial charge in [-0.15, -0.1) is 0 Å². The summed E-state index contributed by atoms with van der Waals surface area (Å²) < 4.78 is 8.24. The smallest absolute Gasteiger partial charge is 0.276 e. The van der Waals surface area contributed by atoms with E-state index in [9.17, 15) is 9.90 Å². The summed E-state index contributed by atoms with van der Waals surface area (Å²) in [5, 5.41) is 14.9. The van der Waals surface area contributed by atoms with Gasteiger partial charge >= 0.3 is 0 Å². The SMILES string of the molecule is COc1ccc(-c2cc3c(=O)n(C[C@@H](O)c4ccccc4)ccn3n2)cc1. The Balaban J connectivity index is 1.66. The molecule has 0 bridgehead atoms. The Bertz CT molecular complexity index is 1120. The van der Waals surface area contributed by atoms with Gasteiger partial charge in [-0.3, -0.25) is 4.79 Å². The van der Waals surface area contributed by atoms with Gasteiger partial charge in [0, 0.05) is 18.0 Å². The van der Waals surface area contributed by atoms with E-state index in [1.807, 2.05) is 54.6 Å². The highest BCUT2D eigenvalue weighted by Crippen LogP contribution is 2.22. The average molecular weight is 361 g/mol. The van der Waals surface area contributed by atoms with Gasteiger partial charge in [0.15, 0.2) is 0 Å². The molecule has 0 amide bonds. The Hall–Kier alpha value is -3.38. The first kappa shape index (κ1) is 17.1. The number of hydrogen-bond acceptors (Lipinski definition) is 4. The van der Waals surface area contributed by atoms with E-state index in [0.717, 1.165) is 16.9 Å². The van der Waals surface area contributed by atoms with Crippen molar-refractivity contribution >= 4 is 5.52 Å². The highest BCUT2D eigenvalue weighted by Gasteiger charge is 2.13. The lowest BCUT2D eigenvalue weighted by molar-refractivity contribution is 0.155. The first-order chi connectivity index (χ1) is 13.2. The van der Waals surface area contributed by atoms with Gasteiger partial charge < -0.3 is 14.4 Å². The molecule has 0 unspecified atom stereocenters. The van der Waals surface area contributed by atoms with Crippen LogP contribution < -0.4 is 10.3 Å². The molecule has 136 valence electrons. The molecule has 0 saturated carbocycles. The number of aliphatic hydroxyl groups excluding tert-OH is 1. The molecule has 0 saturated heterocycles. The molecule has 6 heteroatoms. The fraction of sp³-hybridized carbons (Fsp3) is 0.143. The highest BCUT2D eigenvalue weighted by molar-refractivity contribution is 5.66. The van der Waals surface area contributed by atoms with Crippen LogP contribution in [0.4, 0.5) is 0 Å². The molecular weight excluding hydrogens is 342 g/mol. The third-order valence-corrected chi connectivity index (χ3v) is 4.54. The molecule has 1 N–H and O–H groups in total. The molecule has 1 atom stereocenters. The van der Waals surface area contributed by atoms with Crippen LogP contribution in [0.5, 0.6) is 5.75 Å². The minimum absolute atomic E-state index is 0.183. The number of hydrogen-bond donors (Lipinski definition) is 1. The van der Waals surface area contributed by atoms with Crippen molar-refractivity contribution in [2.45, 2.75) is 12.6 Å². The minimum atomic E-state index is -0.754. The van der Waals surface area contributed by atoms with E-state index in [-0.39, 0.29) is 12.1 Å². The maximum Gasteiger partial charge on any atom is 0.276 e. The van der Waals surface area contributed by atoms with E-state index in [0.29, 0.717) is 11.2 Å². The molecule has 2 aromatic carbocycles. The van der Waals surface area contributed by atoms with Crippen molar-refractivity contribution in [3.8, 4) is 17.0 Å². The first-order valence-corrected chi connectivity index (χ1v) is 8.62. The molecule has 2 aromatic heterocycles. The molecule has 4 aromatic rings. The fourth-order valence-electron chi connectivity index (χ4n) is 3.04. The van der Waals surface area contributed by atoms with Crippen molar-refractivity contribution < 1.29 is 9.84 Å². The molecule has 0 spiro atoms. The summed E-state index contributed by atoms with van der Waals surface area (Å²) >= 11 is 0. The predicted molar refractivity (Wildman–Crippen MR) is 103 cm³/mol. The molecule has 0 fully saturated rings. The van der Waals surface area contributed by atoms with Gasteiger partial charge in [0.05, 0.1) is 25.5 Å². The molecule has 0 aliphatic heterocycles. The van der Waals surface area contributed by atoms with E-state index in [2.05, 4.69) is 5.10 Å². The molecule has 0 aliphatic carbocycles. The Morgan fingerprint density at radius 3 is 2.52 bits per heavy atom. The van der Waals surface area contributed by atoms with Gasteiger partial charge in [0.1, 0.15) is 11.3 Å². The molecule has 0 aliphatic rings. The van der Waals surface area contributed by atoms with Crippen molar-refractivity contribution in [3.05, 3.63) is 89.0 Å². The van der Waals surface area contributed by atoms with Crippen LogP contribution in [0.2, 0.25) is 0 Å². The molecular formula is C21H19N3O3. The summed E-state index contributed by atoms with van der Waals surface area (Å²) in [6.45, 7) is 0.183. The van der Waals surface area contributed by atoms with Gasteiger partial charge in [-0.2, -0.15) is 5.10 Å². The predicted octanol–water partition coefficient (Wildman–Crippen LogP) is 2.91. The highest BCUT2D eigenvalue weighted by atomic mass is 16.5. The number of ether oxygens (including phenoxy) is 1. The third-order valence-electron chi connectivity index (χ3n) is 4.54. The lowest BCUT2D eigenvalue weighted by Gasteiger charge is -2.13. The lowest BCUT2D eigenvalue weighted by Crippen LogP contribution is -2.24. The van der Waals surface area contributed by atoms with Crippen LogP contribution in [-0.2, 0) is 6.54 Å². The van der Waals surface area contributed by atoms with Crippen LogP contribution in [0, 0.1) is 0 Å². The monoisotopic (exact) mass is 361 g/mol. The third kappa shape index (κ3) is 3.35. The zero-order valence-corrected chi connectivity index (χ0v) is 14.8. The van der Waals surface area contributed by atoms with Crippen molar-refractivity contribution in [2.24, 2.45) is 0 Å². The maximum absolute atomic E-state index is 12.8. The van der Waals surface area contributed by atoms with Crippen molar-refractivity contribution in [1.29, 1.82) is 0 Å². The molecule has 6 nitrogen and oxygen atoms in total. The molecule has 27 heavy (non-hydrogen) atoms. The van der Waals surface area contributed by atoms with Gasteiger partial charge in [0.25, 0.3) is 5.56 Å². The topological polar surface area (TPSA) is 68.8 Å². The summed E-state index contributed by atoms with van der Waals surface area (Å²) in [6, 6.07) is 18.6. The van der Waals surface area contributed by atoms with Crippen LogP contribution >= 0.6 is 0 Å². The first-order valence-electron chi connectivity index (χ1n) is 8.62. The number of rotatable bonds is 5. The quantitative estimate of drug-likeness (QED) is 0.593. The van der Waals surface area contributed by atoms with Gasteiger partial charge in [-0.05, 0) is 35.9 Å². The number of methoxy groups -OCH3 is 1. The standard InChI is InChI=1S/C21H19N3O3/c1-27-17-9-7-15(8-10-17)18-13-19-21(26)23(11-12-24(19)22-18)14-20(25)16-5-3-2-4-6-16/h2-13,20,25H,14H2,1H3/t20-/m1/s1. The second-order valence-electron chi connectivity index (χ2n) is 6.27. The van der Waals surface area contributed by atoms with E-state index in [1.54, 1.807) is 30.1 Å². The second kappa shape index (κ2) is 7.09. The lowest BCUT2D eigenvalue weighted by atomic mass is 10.1. The number of nitrogens with zero attached hydrogens (tertiary/aromatic N) is 3. The van der Waals surface area contributed by atoms with Crippen LogP contribution in [0.15, 0.2) is 77.9 Å². The summed E-state index contributed by atoms with van der Waals surface area (Å²) in [4.78, 5) is 12.8. The zero-order chi connectivity index (χ0) is 18.8. The number of aromatic nitrogens is 3. The minimum Gasteiger partial charge on any atom is -0.497 e. The van der Waals surface area contributed by atoms with E-state index < -0.39 is 6.10 Å². The Labute approximate surface area is 155 Å². The fourth-order valence-corrected chi connectivity index (χ4v) is 3.04. The normalized spacial score (nSPS) is 12.2. The van der Waals surface area contributed by atoms with Crippen molar-refractivity contribution in [3.63, 3.8) is 0 Å². The number of fused-ring (bicyclic) bond motifs is 1. The van der Waals surface area contributed by atoms with Crippen molar-refractivity contribution in [2.75, 3.05) is 7.11 Å². The van der Waals surface area contributed by atoms with Gasteiger partial charge in [-0.25, -0.2) is 4.52 Å². The van der Waals surface area contributed by atoms with Gasteiger partial charge in [-0.1, -0.05) is 30.3 Å². The van der Waals surface area contributed by atoms with Crippen LogP contribution in [-0.4, -0.2) is 26.4 Å². The van der Waals surface area contributed by atoms with Gasteiger partial charge in [0.2, 0.25) is 0 Å². The van der Waals surface area contributed by atoms with Crippen LogP contribution in [0.25, 0.3) is 16.8 Å². The van der Waals surface area contributed by atoms with E-state index in [4.69, 9.17) is 4.74 Å². The Kier molecular flexibility index (Phi) is 4.48. The Morgan fingerprint density at radius 1 is 1.07 bits per heavy atom.